The summed E-state index contributed by atoms with van der Waals surface area (Å²) >= 11 is 5.99. The van der Waals surface area contributed by atoms with Crippen molar-refractivity contribution in [2.24, 2.45) is 0 Å². The van der Waals surface area contributed by atoms with E-state index in [1.54, 1.807) is 6.07 Å². The zero-order valence-electron chi connectivity index (χ0n) is 18.8. The predicted octanol–water partition coefficient (Wildman–Crippen LogP) is 2.52. The maximum Gasteiger partial charge on any atom is 0.272 e. The van der Waals surface area contributed by atoms with Gasteiger partial charge in [-0.2, -0.15) is 0 Å². The monoisotopic (exact) mass is 500 g/mol. The van der Waals surface area contributed by atoms with Crippen molar-refractivity contribution in [3.63, 3.8) is 0 Å². The summed E-state index contributed by atoms with van der Waals surface area (Å²) in [6.45, 7) is 3.83. The number of morpholine rings is 1. The van der Waals surface area contributed by atoms with Gasteiger partial charge in [-0.3, -0.25) is 4.79 Å². The molecule has 4 heterocycles. The smallest absolute Gasteiger partial charge is 0.272 e. The van der Waals surface area contributed by atoms with Gasteiger partial charge >= 0.3 is 0 Å². The Balaban J connectivity index is 1.53. The number of carbonyl (C=O) groups is 2. The topological polar surface area (TPSA) is 119 Å². The van der Waals surface area contributed by atoms with Crippen LogP contribution in [0.5, 0.6) is 5.88 Å². The zero-order valence-corrected chi connectivity index (χ0v) is 19.5. The Kier molecular flexibility index (Phi) is 6.35. The summed E-state index contributed by atoms with van der Waals surface area (Å²) < 4.78 is 26.0. The lowest BCUT2D eigenvalue weighted by Crippen LogP contribution is -2.51. The number of fused-ring (bicyclic) bond motifs is 4. The summed E-state index contributed by atoms with van der Waals surface area (Å²) in [5, 5.41) is 5.76. The first-order valence-electron chi connectivity index (χ1n) is 11.1. The van der Waals surface area contributed by atoms with Crippen LogP contribution in [0.4, 0.5) is 15.9 Å². The third-order valence-electron chi connectivity index (χ3n) is 5.89. The molecule has 1 fully saturated rings. The Morgan fingerprint density at radius 2 is 2.17 bits per heavy atom. The lowest BCUT2D eigenvalue weighted by molar-refractivity contribution is -0.107. The fraction of sp³-hybridized carbons (Fsp3) is 0.348. The summed E-state index contributed by atoms with van der Waals surface area (Å²) in [5.74, 6) is -0.0838. The van der Waals surface area contributed by atoms with Crippen molar-refractivity contribution < 1.29 is 23.5 Å². The standard InChI is InChI=1S/C23H22ClFN6O4/c1-12(27-16-2-3-18(24)29-20(16)22(33)26-4-6-32)15-8-13(25)9-17-19(15)30-21-23(28-17)35-11-14-10-34-7-5-31(14)21/h2-3,6,8-9,12,14,27H,4-5,7,10-11H2,1H3,(H,26,33)/t12-,14+/m1/s1. The number of pyridine rings is 1. The molecule has 1 amide bonds. The first-order valence-corrected chi connectivity index (χ1v) is 11.5. The van der Waals surface area contributed by atoms with Crippen LogP contribution in [0.2, 0.25) is 5.15 Å². The highest BCUT2D eigenvalue weighted by atomic mass is 35.5. The molecule has 0 aliphatic carbocycles. The molecule has 2 aliphatic heterocycles. The van der Waals surface area contributed by atoms with E-state index in [0.29, 0.717) is 66.6 Å². The van der Waals surface area contributed by atoms with E-state index >= 15 is 0 Å². The molecule has 182 valence electrons. The molecule has 2 atom stereocenters. The fourth-order valence-corrected chi connectivity index (χ4v) is 4.39. The number of ether oxygens (including phenoxy) is 2. The molecule has 35 heavy (non-hydrogen) atoms. The zero-order chi connectivity index (χ0) is 24.5. The number of hydrogen-bond donors (Lipinski definition) is 2. The van der Waals surface area contributed by atoms with E-state index < -0.39 is 17.8 Å². The number of hydrogen-bond acceptors (Lipinski definition) is 9. The van der Waals surface area contributed by atoms with Gasteiger partial charge in [-0.25, -0.2) is 19.3 Å². The number of carbonyl (C=O) groups excluding carboxylic acids is 2. The van der Waals surface area contributed by atoms with E-state index in [2.05, 4.69) is 25.5 Å². The van der Waals surface area contributed by atoms with Crippen LogP contribution >= 0.6 is 11.6 Å². The number of nitrogens with zero attached hydrogens (tertiary/aromatic N) is 4. The van der Waals surface area contributed by atoms with E-state index in [9.17, 15) is 14.0 Å². The lowest BCUT2D eigenvalue weighted by Gasteiger charge is -2.39. The number of amides is 1. The third kappa shape index (κ3) is 4.56. The third-order valence-corrected chi connectivity index (χ3v) is 6.10. The number of benzene rings is 1. The van der Waals surface area contributed by atoms with E-state index in [1.165, 1.54) is 18.2 Å². The van der Waals surface area contributed by atoms with Gasteiger partial charge in [-0.1, -0.05) is 11.6 Å². The van der Waals surface area contributed by atoms with Gasteiger partial charge in [0.05, 0.1) is 48.6 Å². The molecule has 0 spiro atoms. The molecule has 0 bridgehead atoms. The second kappa shape index (κ2) is 9.59. The number of anilines is 2. The highest BCUT2D eigenvalue weighted by molar-refractivity contribution is 6.29. The quantitative estimate of drug-likeness (QED) is 0.388. The second-order valence-corrected chi connectivity index (χ2v) is 8.61. The Labute approximate surface area is 204 Å². The van der Waals surface area contributed by atoms with Gasteiger partial charge in [0.1, 0.15) is 23.9 Å². The van der Waals surface area contributed by atoms with E-state index in [0.717, 1.165) is 0 Å². The van der Waals surface area contributed by atoms with Gasteiger partial charge in [0, 0.05) is 18.2 Å². The van der Waals surface area contributed by atoms with Crippen LogP contribution in [0.3, 0.4) is 0 Å². The summed E-state index contributed by atoms with van der Waals surface area (Å²) in [7, 11) is 0. The van der Waals surface area contributed by atoms with Gasteiger partial charge in [0.15, 0.2) is 11.5 Å². The van der Waals surface area contributed by atoms with Crippen LogP contribution in [-0.4, -0.2) is 66.1 Å². The van der Waals surface area contributed by atoms with Crippen LogP contribution in [0.15, 0.2) is 24.3 Å². The van der Waals surface area contributed by atoms with Gasteiger partial charge in [0.2, 0.25) is 0 Å². The highest BCUT2D eigenvalue weighted by Crippen LogP contribution is 2.36. The molecular weight excluding hydrogens is 479 g/mol. The normalized spacial score (nSPS) is 17.7. The van der Waals surface area contributed by atoms with Crippen molar-refractivity contribution in [2.75, 3.05) is 43.1 Å². The Morgan fingerprint density at radius 3 is 3.00 bits per heavy atom. The summed E-state index contributed by atoms with van der Waals surface area (Å²) in [4.78, 5) is 38.8. The fourth-order valence-electron chi connectivity index (χ4n) is 4.24. The second-order valence-electron chi connectivity index (χ2n) is 8.22. The van der Waals surface area contributed by atoms with Crippen molar-refractivity contribution in [1.29, 1.82) is 0 Å². The number of aromatic nitrogens is 3. The molecule has 0 unspecified atom stereocenters. The van der Waals surface area contributed by atoms with Crippen LogP contribution in [0.25, 0.3) is 11.0 Å². The maximum atomic E-state index is 14.6. The Hall–Kier alpha value is -3.57. The van der Waals surface area contributed by atoms with Crippen molar-refractivity contribution in [3.05, 3.63) is 46.5 Å². The molecule has 0 saturated carbocycles. The van der Waals surface area contributed by atoms with Gasteiger partial charge in [-0.05, 0) is 25.1 Å². The lowest BCUT2D eigenvalue weighted by atomic mass is 10.0. The molecular formula is C23H22ClFN6O4. The molecule has 1 saturated heterocycles. The summed E-state index contributed by atoms with van der Waals surface area (Å²) in [6, 6.07) is 5.37. The Morgan fingerprint density at radius 1 is 1.31 bits per heavy atom. The molecule has 10 nitrogen and oxygen atoms in total. The van der Waals surface area contributed by atoms with E-state index in [1.807, 2.05) is 6.92 Å². The average Bonchev–Trinajstić information content (AvgIpc) is 2.86. The first-order chi connectivity index (χ1) is 16.9. The molecule has 3 aromatic rings. The highest BCUT2D eigenvalue weighted by Gasteiger charge is 2.33. The molecule has 12 heteroatoms. The molecule has 0 radical (unpaired) electrons. The van der Waals surface area contributed by atoms with E-state index in [-0.39, 0.29) is 23.4 Å². The Bertz CT molecular complexity index is 1310. The van der Waals surface area contributed by atoms with Crippen LogP contribution in [0, 0.1) is 5.82 Å². The first kappa shape index (κ1) is 23.2. The minimum Gasteiger partial charge on any atom is -0.473 e. The molecule has 1 aromatic carbocycles. The predicted molar refractivity (Wildman–Crippen MR) is 127 cm³/mol. The van der Waals surface area contributed by atoms with Crippen LogP contribution < -0.4 is 20.3 Å². The number of rotatable bonds is 6. The minimum absolute atomic E-state index is 0.0138. The van der Waals surface area contributed by atoms with Crippen molar-refractivity contribution in [3.8, 4) is 5.88 Å². The van der Waals surface area contributed by atoms with Gasteiger partial charge in [0.25, 0.3) is 11.8 Å². The summed E-state index contributed by atoms with van der Waals surface area (Å²) in [6.07, 6.45) is 0.569. The van der Waals surface area contributed by atoms with Crippen LogP contribution in [0.1, 0.15) is 29.0 Å². The SMILES string of the molecule is C[C@@H](Nc1ccc(Cl)nc1C(=O)NCC=O)c1cc(F)cc2nc3c(nc12)N1CCOC[C@H]1CO3. The minimum atomic E-state index is -0.567. The van der Waals surface area contributed by atoms with Crippen molar-refractivity contribution in [2.45, 2.75) is 19.0 Å². The number of nitrogens with one attached hydrogen (secondary N) is 2. The molecule has 5 rings (SSSR count). The van der Waals surface area contributed by atoms with Crippen LogP contribution in [-0.2, 0) is 9.53 Å². The van der Waals surface area contributed by atoms with E-state index in [4.69, 9.17) is 26.1 Å². The summed E-state index contributed by atoms with van der Waals surface area (Å²) in [5.41, 5.74) is 1.79. The maximum absolute atomic E-state index is 14.6. The average molecular weight is 501 g/mol. The number of aldehydes is 1. The van der Waals surface area contributed by atoms with Gasteiger partial charge < -0.3 is 29.8 Å². The van der Waals surface area contributed by atoms with Gasteiger partial charge in [-0.15, -0.1) is 0 Å². The molecule has 2 N–H and O–H groups in total. The molecule has 2 aliphatic rings. The largest absolute Gasteiger partial charge is 0.473 e. The number of halogens is 2. The molecule has 2 aromatic heterocycles. The van der Waals surface area contributed by atoms with Crippen molar-refractivity contribution >= 4 is 46.3 Å². The van der Waals surface area contributed by atoms with Crippen molar-refractivity contribution in [1.82, 2.24) is 20.3 Å².